The summed E-state index contributed by atoms with van der Waals surface area (Å²) in [6.45, 7) is 6.63. The molecule has 0 spiro atoms. The van der Waals surface area contributed by atoms with Gasteiger partial charge in [-0.1, -0.05) is 52.4 Å². The third-order valence-electron chi connectivity index (χ3n) is 2.45. The summed E-state index contributed by atoms with van der Waals surface area (Å²) in [5.74, 6) is 0. The van der Waals surface area contributed by atoms with Crippen molar-refractivity contribution >= 4 is 0 Å². The maximum Gasteiger partial charge on any atom is 0.146 e. The van der Waals surface area contributed by atoms with Gasteiger partial charge in [-0.2, -0.15) is 0 Å². The summed E-state index contributed by atoms with van der Waals surface area (Å²) >= 11 is 0. The predicted molar refractivity (Wildman–Crippen MR) is 65.1 cm³/mol. The van der Waals surface area contributed by atoms with E-state index in [1.165, 1.54) is 44.9 Å². The first-order valence-electron chi connectivity index (χ1n) is 6.57. The minimum Gasteiger partial charge on any atom is -0.355 e. The molecule has 0 bridgehead atoms. The van der Waals surface area contributed by atoms with Crippen LogP contribution in [0.15, 0.2) is 0 Å². The van der Waals surface area contributed by atoms with E-state index < -0.39 is 0 Å². The molecule has 15 heavy (non-hydrogen) atoms. The third-order valence-corrected chi connectivity index (χ3v) is 2.45. The van der Waals surface area contributed by atoms with E-state index in [4.69, 9.17) is 9.47 Å². The lowest BCUT2D eigenvalue weighted by atomic mass is 10.2. The van der Waals surface area contributed by atoms with Crippen molar-refractivity contribution in [2.45, 2.75) is 65.2 Å². The van der Waals surface area contributed by atoms with Crippen molar-refractivity contribution < 1.29 is 9.47 Å². The van der Waals surface area contributed by atoms with Gasteiger partial charge in [0.1, 0.15) is 6.79 Å². The van der Waals surface area contributed by atoms with Gasteiger partial charge in [-0.25, -0.2) is 0 Å². The van der Waals surface area contributed by atoms with Crippen LogP contribution in [0, 0.1) is 0 Å². The molecular weight excluding hydrogens is 188 g/mol. The van der Waals surface area contributed by atoms with Gasteiger partial charge in [0.2, 0.25) is 0 Å². The lowest BCUT2D eigenvalue weighted by Gasteiger charge is -2.05. The zero-order chi connectivity index (χ0) is 11.2. The molecule has 0 aliphatic heterocycles. The topological polar surface area (TPSA) is 18.5 Å². The van der Waals surface area contributed by atoms with E-state index in [9.17, 15) is 0 Å². The van der Waals surface area contributed by atoms with Gasteiger partial charge in [0.15, 0.2) is 0 Å². The summed E-state index contributed by atoms with van der Waals surface area (Å²) in [5, 5.41) is 0. The Hall–Kier alpha value is -0.0800. The molecule has 92 valence electrons. The van der Waals surface area contributed by atoms with Crippen LogP contribution >= 0.6 is 0 Å². The Morgan fingerprint density at radius 1 is 0.600 bits per heavy atom. The first-order chi connectivity index (χ1) is 7.41. The number of unbranched alkanes of at least 4 members (excludes halogenated alkanes) is 6. The molecule has 0 aliphatic carbocycles. The molecule has 0 radical (unpaired) electrons. The Balaban J connectivity index is 2.81. The van der Waals surface area contributed by atoms with E-state index >= 15 is 0 Å². The molecule has 0 aliphatic rings. The zero-order valence-electron chi connectivity index (χ0n) is 10.6. The summed E-state index contributed by atoms with van der Waals surface area (Å²) in [6.07, 6.45) is 10.2. The minimum absolute atomic E-state index is 0.484. The third kappa shape index (κ3) is 13.9. The van der Waals surface area contributed by atoms with Gasteiger partial charge in [0, 0.05) is 13.2 Å². The first kappa shape index (κ1) is 14.9. The van der Waals surface area contributed by atoms with Crippen LogP contribution in [0.3, 0.4) is 0 Å². The number of hydrogen-bond donors (Lipinski definition) is 0. The van der Waals surface area contributed by atoms with Crippen molar-refractivity contribution in [3.63, 3.8) is 0 Å². The summed E-state index contributed by atoms with van der Waals surface area (Å²) in [4.78, 5) is 0. The maximum atomic E-state index is 5.37. The number of rotatable bonds is 12. The molecule has 0 atom stereocenters. The van der Waals surface area contributed by atoms with Crippen LogP contribution in [0.1, 0.15) is 65.2 Å². The summed E-state index contributed by atoms with van der Waals surface area (Å²) in [5.41, 5.74) is 0. The molecule has 2 nitrogen and oxygen atoms in total. The molecule has 0 aromatic heterocycles. The van der Waals surface area contributed by atoms with Gasteiger partial charge in [0.05, 0.1) is 0 Å². The Bertz CT molecular complexity index is 92.7. The van der Waals surface area contributed by atoms with E-state index in [0.29, 0.717) is 6.79 Å². The second kappa shape index (κ2) is 13.9. The van der Waals surface area contributed by atoms with E-state index in [-0.39, 0.29) is 0 Å². The predicted octanol–water partition coefficient (Wildman–Crippen LogP) is 4.14. The highest BCUT2D eigenvalue weighted by Gasteiger charge is 1.91. The van der Waals surface area contributed by atoms with Crippen molar-refractivity contribution in [2.24, 2.45) is 0 Å². The molecule has 0 heterocycles. The second-order valence-electron chi connectivity index (χ2n) is 4.06. The van der Waals surface area contributed by atoms with Gasteiger partial charge < -0.3 is 9.47 Å². The van der Waals surface area contributed by atoms with Gasteiger partial charge in [0.25, 0.3) is 0 Å². The highest BCUT2D eigenvalue weighted by atomic mass is 16.7. The Kier molecular flexibility index (Phi) is 13.8. The lowest BCUT2D eigenvalue weighted by Crippen LogP contribution is -2.02. The van der Waals surface area contributed by atoms with Gasteiger partial charge in [-0.05, 0) is 12.8 Å². The average molecular weight is 216 g/mol. The van der Waals surface area contributed by atoms with Gasteiger partial charge in [-0.15, -0.1) is 0 Å². The highest BCUT2D eigenvalue weighted by Crippen LogP contribution is 2.02. The molecule has 0 unspecified atom stereocenters. The molecule has 0 fully saturated rings. The molecule has 0 rings (SSSR count). The summed E-state index contributed by atoms with van der Waals surface area (Å²) < 4.78 is 10.7. The van der Waals surface area contributed by atoms with Gasteiger partial charge in [-0.3, -0.25) is 0 Å². The first-order valence-corrected chi connectivity index (χ1v) is 6.57. The van der Waals surface area contributed by atoms with Crippen LogP contribution < -0.4 is 0 Å². The minimum atomic E-state index is 0.484. The molecule has 0 amide bonds. The Labute approximate surface area is 95.3 Å². The van der Waals surface area contributed by atoms with Crippen LogP contribution in [-0.4, -0.2) is 20.0 Å². The summed E-state index contributed by atoms with van der Waals surface area (Å²) in [7, 11) is 0. The van der Waals surface area contributed by atoms with Crippen LogP contribution in [0.25, 0.3) is 0 Å². The van der Waals surface area contributed by atoms with E-state index in [1.807, 2.05) is 0 Å². The fraction of sp³-hybridized carbons (Fsp3) is 1.00. The van der Waals surface area contributed by atoms with Crippen LogP contribution in [0.4, 0.5) is 0 Å². The van der Waals surface area contributed by atoms with Crippen LogP contribution in [0.2, 0.25) is 0 Å². The molecule has 0 aromatic carbocycles. The lowest BCUT2D eigenvalue weighted by molar-refractivity contribution is -0.0555. The quantitative estimate of drug-likeness (QED) is 0.360. The standard InChI is InChI=1S/C13H28O2/c1-3-5-7-8-10-12-15-13-14-11-9-6-4-2/h3-13H2,1-2H3. The number of hydrogen-bond acceptors (Lipinski definition) is 2. The smallest absolute Gasteiger partial charge is 0.146 e. The summed E-state index contributed by atoms with van der Waals surface area (Å²) in [6, 6.07) is 0. The largest absolute Gasteiger partial charge is 0.355 e. The fourth-order valence-electron chi connectivity index (χ4n) is 1.44. The molecule has 0 saturated heterocycles. The average Bonchev–Trinajstić information content (AvgIpc) is 2.26. The molecule has 0 N–H and O–H groups in total. The Morgan fingerprint density at radius 3 is 1.67 bits per heavy atom. The zero-order valence-corrected chi connectivity index (χ0v) is 10.6. The Morgan fingerprint density at radius 2 is 1.07 bits per heavy atom. The molecule has 0 aromatic rings. The monoisotopic (exact) mass is 216 g/mol. The van der Waals surface area contributed by atoms with Gasteiger partial charge >= 0.3 is 0 Å². The van der Waals surface area contributed by atoms with Crippen molar-refractivity contribution in [2.75, 3.05) is 20.0 Å². The highest BCUT2D eigenvalue weighted by molar-refractivity contribution is 4.40. The van der Waals surface area contributed by atoms with E-state index in [1.54, 1.807) is 0 Å². The molecule has 2 heteroatoms. The van der Waals surface area contributed by atoms with E-state index in [0.717, 1.165) is 19.6 Å². The maximum absolute atomic E-state index is 5.37. The van der Waals surface area contributed by atoms with Crippen molar-refractivity contribution in [3.05, 3.63) is 0 Å². The number of ether oxygens (including phenoxy) is 2. The van der Waals surface area contributed by atoms with Crippen molar-refractivity contribution in [1.29, 1.82) is 0 Å². The second-order valence-corrected chi connectivity index (χ2v) is 4.06. The molecule has 0 saturated carbocycles. The van der Waals surface area contributed by atoms with Crippen molar-refractivity contribution in [3.8, 4) is 0 Å². The van der Waals surface area contributed by atoms with Crippen LogP contribution in [-0.2, 0) is 9.47 Å². The normalized spacial score (nSPS) is 10.8. The fourth-order valence-corrected chi connectivity index (χ4v) is 1.44. The SMILES string of the molecule is CCCCCCCOCOCCCCC. The van der Waals surface area contributed by atoms with Crippen molar-refractivity contribution in [1.82, 2.24) is 0 Å². The molecular formula is C13H28O2. The van der Waals surface area contributed by atoms with Crippen LogP contribution in [0.5, 0.6) is 0 Å². The van der Waals surface area contributed by atoms with E-state index in [2.05, 4.69) is 13.8 Å².